The second-order valence-electron chi connectivity index (χ2n) is 3.92. The zero-order valence-corrected chi connectivity index (χ0v) is 12.2. The summed E-state index contributed by atoms with van der Waals surface area (Å²) in [4.78, 5) is 0.129. The molecule has 0 atom stereocenters. The highest BCUT2D eigenvalue weighted by Gasteiger charge is 2.29. The molecule has 0 radical (unpaired) electrons. The molecule has 0 bridgehead atoms. The van der Waals surface area contributed by atoms with Gasteiger partial charge in [-0.1, -0.05) is 0 Å². The lowest BCUT2D eigenvalue weighted by molar-refractivity contribution is 0.148. The van der Waals surface area contributed by atoms with Crippen molar-refractivity contribution in [1.29, 1.82) is 0 Å². The molecule has 1 aromatic heterocycles. The lowest BCUT2D eigenvalue weighted by Gasteiger charge is -2.18. The summed E-state index contributed by atoms with van der Waals surface area (Å²) in [5.41, 5.74) is 5.44. The SMILES string of the molecule is NCc1cc(S(=O)(=O)N2CCCOCC2)c(Br)o1. The smallest absolute Gasteiger partial charge is 0.247 e. The molecule has 2 heterocycles. The summed E-state index contributed by atoms with van der Waals surface area (Å²) in [6.07, 6.45) is 0.693. The van der Waals surface area contributed by atoms with Gasteiger partial charge in [0.15, 0.2) is 4.67 Å². The van der Waals surface area contributed by atoms with Crippen LogP contribution in [0.4, 0.5) is 0 Å². The van der Waals surface area contributed by atoms with E-state index in [4.69, 9.17) is 14.9 Å². The summed E-state index contributed by atoms with van der Waals surface area (Å²) in [6.45, 7) is 1.98. The first-order valence-electron chi connectivity index (χ1n) is 5.62. The molecular weight excluding hydrogens is 324 g/mol. The van der Waals surface area contributed by atoms with Crippen molar-refractivity contribution in [2.75, 3.05) is 26.3 Å². The largest absolute Gasteiger partial charge is 0.452 e. The Labute approximate surface area is 114 Å². The molecule has 8 heteroatoms. The number of nitrogens with zero attached hydrogens (tertiary/aromatic N) is 1. The topological polar surface area (TPSA) is 85.8 Å². The first-order valence-corrected chi connectivity index (χ1v) is 7.85. The molecule has 1 saturated heterocycles. The van der Waals surface area contributed by atoms with E-state index in [0.29, 0.717) is 38.5 Å². The lowest BCUT2D eigenvalue weighted by atomic mass is 10.5. The molecular formula is C10H15BrN2O4S. The molecule has 2 rings (SSSR count). The maximum absolute atomic E-state index is 12.4. The van der Waals surface area contributed by atoms with Gasteiger partial charge >= 0.3 is 0 Å². The van der Waals surface area contributed by atoms with Crippen molar-refractivity contribution >= 4 is 26.0 Å². The zero-order chi connectivity index (χ0) is 13.2. The molecule has 102 valence electrons. The summed E-state index contributed by atoms with van der Waals surface area (Å²) in [5, 5.41) is 0. The molecule has 0 spiro atoms. The third kappa shape index (κ3) is 2.77. The van der Waals surface area contributed by atoms with Gasteiger partial charge in [-0.3, -0.25) is 0 Å². The van der Waals surface area contributed by atoms with Gasteiger partial charge in [-0.2, -0.15) is 4.31 Å². The van der Waals surface area contributed by atoms with Gasteiger partial charge in [-0.15, -0.1) is 0 Å². The number of nitrogens with two attached hydrogens (primary N) is 1. The van der Waals surface area contributed by atoms with Crippen molar-refractivity contribution in [3.8, 4) is 0 Å². The van der Waals surface area contributed by atoms with Gasteiger partial charge in [0.25, 0.3) is 0 Å². The van der Waals surface area contributed by atoms with Crippen LogP contribution in [0.2, 0.25) is 0 Å². The van der Waals surface area contributed by atoms with Gasteiger partial charge < -0.3 is 14.9 Å². The Balaban J connectivity index is 2.31. The minimum atomic E-state index is -3.55. The van der Waals surface area contributed by atoms with Crippen molar-refractivity contribution in [1.82, 2.24) is 4.31 Å². The molecule has 6 nitrogen and oxygen atoms in total. The Morgan fingerprint density at radius 1 is 1.39 bits per heavy atom. The van der Waals surface area contributed by atoms with Gasteiger partial charge in [-0.25, -0.2) is 8.42 Å². The number of hydrogen-bond acceptors (Lipinski definition) is 5. The monoisotopic (exact) mass is 338 g/mol. The predicted octanol–water partition coefficient (Wildman–Crippen LogP) is 0.912. The molecule has 2 N–H and O–H groups in total. The van der Waals surface area contributed by atoms with Crippen LogP contribution in [0, 0.1) is 0 Å². The summed E-state index contributed by atoms with van der Waals surface area (Å²) < 4.78 is 37.0. The van der Waals surface area contributed by atoms with Gasteiger partial charge in [0.2, 0.25) is 10.0 Å². The van der Waals surface area contributed by atoms with Crippen molar-refractivity contribution in [2.45, 2.75) is 17.9 Å². The normalized spacial score (nSPS) is 18.8. The van der Waals surface area contributed by atoms with Gasteiger partial charge in [-0.05, 0) is 22.4 Å². The zero-order valence-electron chi connectivity index (χ0n) is 9.76. The Morgan fingerprint density at radius 3 is 2.83 bits per heavy atom. The molecule has 18 heavy (non-hydrogen) atoms. The van der Waals surface area contributed by atoms with E-state index in [-0.39, 0.29) is 16.1 Å². The quantitative estimate of drug-likeness (QED) is 0.885. The van der Waals surface area contributed by atoms with Crippen LogP contribution >= 0.6 is 15.9 Å². The molecule has 1 aliphatic rings. The maximum atomic E-state index is 12.4. The Morgan fingerprint density at radius 2 is 2.17 bits per heavy atom. The third-order valence-corrected chi connectivity index (χ3v) is 5.46. The van der Waals surface area contributed by atoms with Gasteiger partial charge in [0.05, 0.1) is 13.2 Å². The molecule has 0 amide bonds. The molecule has 1 fully saturated rings. The average molecular weight is 339 g/mol. The van der Waals surface area contributed by atoms with Crippen LogP contribution < -0.4 is 5.73 Å². The Hall–Kier alpha value is -0.410. The summed E-state index contributed by atoms with van der Waals surface area (Å²) in [6, 6.07) is 1.46. The fourth-order valence-electron chi connectivity index (χ4n) is 1.78. The van der Waals surface area contributed by atoms with E-state index in [0.717, 1.165) is 0 Å². The lowest BCUT2D eigenvalue weighted by Crippen LogP contribution is -2.33. The number of halogens is 1. The fourth-order valence-corrected chi connectivity index (χ4v) is 4.20. The Kier molecular flexibility index (Phi) is 4.44. The van der Waals surface area contributed by atoms with Crippen molar-refractivity contribution in [3.63, 3.8) is 0 Å². The van der Waals surface area contributed by atoms with E-state index >= 15 is 0 Å². The van der Waals surface area contributed by atoms with Crippen LogP contribution in [0.5, 0.6) is 0 Å². The molecule has 0 aromatic carbocycles. The molecule has 1 aromatic rings. The van der Waals surface area contributed by atoms with Crippen LogP contribution in [-0.2, 0) is 21.3 Å². The van der Waals surface area contributed by atoms with Crippen molar-refractivity contribution in [2.24, 2.45) is 5.73 Å². The highest BCUT2D eigenvalue weighted by atomic mass is 79.9. The Bertz CT molecular complexity index is 506. The summed E-state index contributed by atoms with van der Waals surface area (Å²) in [5.74, 6) is 0.437. The first kappa shape index (κ1) is 14.0. The first-order chi connectivity index (χ1) is 8.55. The predicted molar refractivity (Wildman–Crippen MR) is 68.5 cm³/mol. The van der Waals surface area contributed by atoms with E-state index in [9.17, 15) is 8.42 Å². The second-order valence-corrected chi connectivity index (χ2v) is 6.55. The van der Waals surface area contributed by atoms with E-state index in [1.807, 2.05) is 0 Å². The van der Waals surface area contributed by atoms with E-state index in [1.165, 1.54) is 10.4 Å². The molecule has 1 aliphatic heterocycles. The standard InChI is InChI=1S/C10H15BrN2O4S/c11-10-9(6-8(7-12)17-10)18(14,15)13-2-1-4-16-5-3-13/h6H,1-5,7,12H2. The number of furan rings is 1. The van der Waals surface area contributed by atoms with E-state index in [1.54, 1.807) is 0 Å². The van der Waals surface area contributed by atoms with Crippen molar-refractivity contribution < 1.29 is 17.6 Å². The second kappa shape index (κ2) is 5.70. The van der Waals surface area contributed by atoms with Gasteiger partial charge in [0, 0.05) is 25.8 Å². The highest BCUT2D eigenvalue weighted by molar-refractivity contribution is 9.10. The highest BCUT2D eigenvalue weighted by Crippen LogP contribution is 2.29. The molecule has 0 saturated carbocycles. The third-order valence-electron chi connectivity index (χ3n) is 2.71. The van der Waals surface area contributed by atoms with Crippen LogP contribution in [0.1, 0.15) is 12.2 Å². The number of rotatable bonds is 3. The average Bonchev–Trinajstić information content (AvgIpc) is 2.55. The van der Waals surface area contributed by atoms with E-state index in [2.05, 4.69) is 15.9 Å². The molecule has 0 aliphatic carbocycles. The maximum Gasteiger partial charge on any atom is 0.247 e. The fraction of sp³-hybridized carbons (Fsp3) is 0.600. The summed E-state index contributed by atoms with van der Waals surface area (Å²) >= 11 is 3.12. The summed E-state index contributed by atoms with van der Waals surface area (Å²) in [7, 11) is -3.55. The molecule has 0 unspecified atom stereocenters. The number of ether oxygens (including phenoxy) is 1. The minimum absolute atomic E-state index is 0.129. The number of sulfonamides is 1. The van der Waals surface area contributed by atoms with Crippen LogP contribution in [-0.4, -0.2) is 39.0 Å². The minimum Gasteiger partial charge on any atom is -0.452 e. The van der Waals surface area contributed by atoms with Crippen LogP contribution in [0.15, 0.2) is 20.0 Å². The van der Waals surface area contributed by atoms with Crippen molar-refractivity contribution in [3.05, 3.63) is 16.5 Å². The van der Waals surface area contributed by atoms with Crippen LogP contribution in [0.3, 0.4) is 0 Å². The van der Waals surface area contributed by atoms with E-state index < -0.39 is 10.0 Å². The number of hydrogen-bond donors (Lipinski definition) is 1. The van der Waals surface area contributed by atoms with Crippen LogP contribution in [0.25, 0.3) is 0 Å². The van der Waals surface area contributed by atoms with Gasteiger partial charge in [0.1, 0.15) is 10.7 Å².